The van der Waals surface area contributed by atoms with E-state index in [4.69, 9.17) is 0 Å². The topological polar surface area (TPSA) is 59.8 Å². The molecule has 1 N–H and O–H groups in total. The van der Waals surface area contributed by atoms with Crippen LogP contribution < -0.4 is 5.32 Å². The molecular weight excluding hydrogens is 314 g/mol. The minimum absolute atomic E-state index is 0.360. The molecule has 1 aromatic carbocycles. The molecule has 0 radical (unpaired) electrons. The minimum atomic E-state index is -0.984. The number of aryl methyl sites for hydroxylation is 1. The van der Waals surface area contributed by atoms with Gasteiger partial charge >= 0.3 is 0 Å². The maximum atomic E-state index is 13.6. The standard InChI is InChI=1S/C17H14F2N4O/c1-23-8-7-21-16(23)15(11-4-5-13(18)14(19)9-11)22-17(24)12-3-2-6-20-10-12/h2-10,15H,1H3,(H,22,24)/t15-/m0/s1. The van der Waals surface area contributed by atoms with E-state index in [9.17, 15) is 13.6 Å². The molecule has 0 aliphatic rings. The van der Waals surface area contributed by atoms with Gasteiger partial charge in [-0.05, 0) is 29.8 Å². The number of carbonyl (C=O) groups excluding carboxylic acids is 1. The molecular formula is C17H14F2N4O. The van der Waals surface area contributed by atoms with Crippen molar-refractivity contribution in [3.8, 4) is 0 Å². The second-order valence-electron chi connectivity index (χ2n) is 5.22. The lowest BCUT2D eigenvalue weighted by Crippen LogP contribution is -2.31. The van der Waals surface area contributed by atoms with Crippen molar-refractivity contribution in [2.45, 2.75) is 6.04 Å². The lowest BCUT2D eigenvalue weighted by molar-refractivity contribution is 0.0940. The van der Waals surface area contributed by atoms with Crippen molar-refractivity contribution in [2.75, 3.05) is 0 Å². The molecule has 7 heteroatoms. The first-order valence-electron chi connectivity index (χ1n) is 7.19. The Morgan fingerprint density at radius 1 is 1.21 bits per heavy atom. The van der Waals surface area contributed by atoms with Crippen LogP contribution in [0.2, 0.25) is 0 Å². The smallest absolute Gasteiger partial charge is 0.253 e. The Hall–Kier alpha value is -3.09. The first-order chi connectivity index (χ1) is 11.6. The second-order valence-corrected chi connectivity index (χ2v) is 5.22. The summed E-state index contributed by atoms with van der Waals surface area (Å²) in [6.07, 6.45) is 6.26. The summed E-state index contributed by atoms with van der Waals surface area (Å²) in [5.41, 5.74) is 0.750. The van der Waals surface area contributed by atoms with Gasteiger partial charge in [0.1, 0.15) is 11.9 Å². The average Bonchev–Trinajstić information content (AvgIpc) is 3.01. The molecule has 0 spiro atoms. The van der Waals surface area contributed by atoms with E-state index in [2.05, 4.69) is 15.3 Å². The third-order valence-electron chi connectivity index (χ3n) is 3.59. The Bertz CT molecular complexity index is 864. The SMILES string of the molecule is Cn1ccnc1[C@@H](NC(=O)c1cccnc1)c1ccc(F)c(F)c1. The van der Waals surface area contributed by atoms with Crippen LogP contribution in [0.25, 0.3) is 0 Å². The van der Waals surface area contributed by atoms with E-state index in [0.717, 1.165) is 12.1 Å². The largest absolute Gasteiger partial charge is 0.338 e. The first-order valence-corrected chi connectivity index (χ1v) is 7.19. The number of rotatable bonds is 4. The van der Waals surface area contributed by atoms with E-state index < -0.39 is 17.7 Å². The second kappa shape index (κ2) is 6.57. The molecule has 3 rings (SSSR count). The van der Waals surface area contributed by atoms with Crippen molar-refractivity contribution in [1.29, 1.82) is 0 Å². The van der Waals surface area contributed by atoms with Crippen LogP contribution >= 0.6 is 0 Å². The maximum Gasteiger partial charge on any atom is 0.253 e. The zero-order valence-electron chi connectivity index (χ0n) is 12.8. The predicted molar refractivity (Wildman–Crippen MR) is 83.1 cm³/mol. The molecule has 24 heavy (non-hydrogen) atoms. The number of hydrogen-bond acceptors (Lipinski definition) is 3. The van der Waals surface area contributed by atoms with Gasteiger partial charge in [-0.2, -0.15) is 0 Å². The zero-order valence-corrected chi connectivity index (χ0v) is 12.8. The molecule has 0 aliphatic carbocycles. The Morgan fingerprint density at radius 2 is 2.04 bits per heavy atom. The summed E-state index contributed by atoms with van der Waals surface area (Å²) in [5.74, 6) is -1.82. The van der Waals surface area contributed by atoms with Gasteiger partial charge in [0.2, 0.25) is 0 Å². The van der Waals surface area contributed by atoms with Gasteiger partial charge in [-0.15, -0.1) is 0 Å². The van der Waals surface area contributed by atoms with E-state index >= 15 is 0 Å². The number of nitrogens with zero attached hydrogens (tertiary/aromatic N) is 3. The highest BCUT2D eigenvalue weighted by Gasteiger charge is 2.22. The molecule has 0 unspecified atom stereocenters. The molecule has 1 atom stereocenters. The third kappa shape index (κ3) is 3.15. The number of benzene rings is 1. The molecule has 5 nitrogen and oxygen atoms in total. The van der Waals surface area contributed by atoms with E-state index in [1.54, 1.807) is 42.3 Å². The van der Waals surface area contributed by atoms with Gasteiger partial charge in [0.15, 0.2) is 11.6 Å². The summed E-state index contributed by atoms with van der Waals surface area (Å²) in [6, 6.07) is 6.02. The number of halogens is 2. The quantitative estimate of drug-likeness (QED) is 0.801. The van der Waals surface area contributed by atoms with Crippen molar-refractivity contribution >= 4 is 5.91 Å². The molecule has 1 amide bonds. The number of aromatic nitrogens is 3. The van der Waals surface area contributed by atoms with Crippen molar-refractivity contribution in [1.82, 2.24) is 19.9 Å². The third-order valence-corrected chi connectivity index (χ3v) is 3.59. The molecule has 0 bridgehead atoms. The Kier molecular flexibility index (Phi) is 4.33. The molecule has 0 saturated carbocycles. The van der Waals surface area contributed by atoms with Crippen LogP contribution in [-0.4, -0.2) is 20.4 Å². The van der Waals surface area contributed by atoms with Gasteiger partial charge in [-0.25, -0.2) is 13.8 Å². The van der Waals surface area contributed by atoms with Crippen molar-refractivity contribution in [2.24, 2.45) is 7.05 Å². The van der Waals surface area contributed by atoms with Crippen LogP contribution in [0.3, 0.4) is 0 Å². The number of hydrogen-bond donors (Lipinski definition) is 1. The summed E-state index contributed by atoms with van der Waals surface area (Å²) in [4.78, 5) is 20.5. The van der Waals surface area contributed by atoms with Crippen LogP contribution in [0.15, 0.2) is 55.1 Å². The first kappa shape index (κ1) is 15.8. The number of nitrogens with one attached hydrogen (secondary N) is 1. The fourth-order valence-corrected chi connectivity index (χ4v) is 2.36. The Morgan fingerprint density at radius 3 is 2.67 bits per heavy atom. The van der Waals surface area contributed by atoms with Crippen molar-refractivity contribution in [3.05, 3.63) is 83.7 Å². The van der Waals surface area contributed by atoms with Crippen LogP contribution in [0, 0.1) is 11.6 Å². The van der Waals surface area contributed by atoms with Gasteiger partial charge in [0, 0.05) is 31.8 Å². The Labute approximate surface area is 137 Å². The van der Waals surface area contributed by atoms with Gasteiger partial charge in [0.25, 0.3) is 5.91 Å². The monoisotopic (exact) mass is 328 g/mol. The minimum Gasteiger partial charge on any atom is -0.338 e. The van der Waals surface area contributed by atoms with Gasteiger partial charge in [-0.1, -0.05) is 6.07 Å². The summed E-state index contributed by atoms with van der Waals surface area (Å²) in [5, 5.41) is 2.79. The van der Waals surface area contributed by atoms with Gasteiger partial charge in [0.05, 0.1) is 5.56 Å². The fraction of sp³-hybridized carbons (Fsp3) is 0.118. The molecule has 2 heterocycles. The predicted octanol–water partition coefficient (Wildman–Crippen LogP) is 2.61. The lowest BCUT2D eigenvalue weighted by atomic mass is 10.0. The van der Waals surface area contributed by atoms with E-state index in [-0.39, 0.29) is 5.91 Å². The molecule has 0 saturated heterocycles. The highest BCUT2D eigenvalue weighted by molar-refractivity contribution is 5.94. The number of amides is 1. The fourth-order valence-electron chi connectivity index (χ4n) is 2.36. The van der Waals surface area contributed by atoms with E-state index in [1.165, 1.54) is 12.3 Å². The molecule has 0 aliphatic heterocycles. The van der Waals surface area contributed by atoms with Gasteiger partial charge < -0.3 is 9.88 Å². The zero-order chi connectivity index (χ0) is 17.1. The van der Waals surface area contributed by atoms with Crippen molar-refractivity contribution < 1.29 is 13.6 Å². The van der Waals surface area contributed by atoms with E-state index in [1.807, 2.05) is 0 Å². The highest BCUT2D eigenvalue weighted by Crippen LogP contribution is 2.22. The molecule has 122 valence electrons. The summed E-state index contributed by atoms with van der Waals surface area (Å²) < 4.78 is 28.5. The van der Waals surface area contributed by atoms with Crippen LogP contribution in [0.1, 0.15) is 27.8 Å². The summed E-state index contributed by atoms with van der Waals surface area (Å²) >= 11 is 0. The number of imidazole rings is 1. The lowest BCUT2D eigenvalue weighted by Gasteiger charge is -2.19. The maximum absolute atomic E-state index is 13.6. The summed E-state index contributed by atoms with van der Waals surface area (Å²) in [6.45, 7) is 0. The van der Waals surface area contributed by atoms with Crippen LogP contribution in [0.5, 0.6) is 0 Å². The average molecular weight is 328 g/mol. The van der Waals surface area contributed by atoms with Crippen LogP contribution in [0.4, 0.5) is 8.78 Å². The number of pyridine rings is 1. The molecule has 3 aromatic rings. The van der Waals surface area contributed by atoms with Gasteiger partial charge in [-0.3, -0.25) is 9.78 Å². The highest BCUT2D eigenvalue weighted by atomic mass is 19.2. The van der Waals surface area contributed by atoms with E-state index in [0.29, 0.717) is 17.0 Å². The normalized spacial score (nSPS) is 12.0. The summed E-state index contributed by atoms with van der Waals surface area (Å²) in [7, 11) is 1.76. The Balaban J connectivity index is 1.98. The molecule has 0 fully saturated rings. The number of carbonyl (C=O) groups is 1. The molecule has 2 aromatic heterocycles. The van der Waals surface area contributed by atoms with Crippen LogP contribution in [-0.2, 0) is 7.05 Å². The van der Waals surface area contributed by atoms with Crippen molar-refractivity contribution in [3.63, 3.8) is 0 Å².